The van der Waals surface area contributed by atoms with Crippen molar-refractivity contribution in [3.63, 3.8) is 0 Å². The van der Waals surface area contributed by atoms with Crippen molar-refractivity contribution >= 4 is 11.9 Å². The highest BCUT2D eigenvalue weighted by atomic mass is 19.1. The van der Waals surface area contributed by atoms with Gasteiger partial charge in [-0.15, -0.1) is 0 Å². The van der Waals surface area contributed by atoms with Gasteiger partial charge in [0.1, 0.15) is 11.6 Å². The molecule has 2 N–H and O–H groups in total. The number of aromatic nitrogens is 2. The molecule has 3 rings (SSSR count). The Balaban J connectivity index is 1.84. The third-order valence-corrected chi connectivity index (χ3v) is 4.03. The molecule has 0 bridgehead atoms. The lowest BCUT2D eigenvalue weighted by molar-refractivity contribution is -0.132. The molecule has 1 aromatic carbocycles. The van der Waals surface area contributed by atoms with Crippen molar-refractivity contribution in [3.8, 4) is 0 Å². The van der Waals surface area contributed by atoms with E-state index in [9.17, 15) is 23.5 Å². The summed E-state index contributed by atoms with van der Waals surface area (Å²) < 4.78 is 26.7. The maximum absolute atomic E-state index is 13.8. The lowest BCUT2D eigenvalue weighted by Crippen LogP contribution is -2.42. The van der Waals surface area contributed by atoms with E-state index in [1.807, 2.05) is 0 Å². The van der Waals surface area contributed by atoms with Gasteiger partial charge in [0, 0.05) is 24.0 Å². The van der Waals surface area contributed by atoms with Gasteiger partial charge in [-0.1, -0.05) is 6.07 Å². The van der Waals surface area contributed by atoms with Crippen LogP contribution in [0.15, 0.2) is 36.8 Å². The molecule has 25 heavy (non-hydrogen) atoms. The van der Waals surface area contributed by atoms with Crippen LogP contribution in [0, 0.1) is 11.6 Å². The fourth-order valence-corrected chi connectivity index (χ4v) is 2.64. The third kappa shape index (κ3) is 2.93. The molecule has 1 fully saturated rings. The van der Waals surface area contributed by atoms with Crippen LogP contribution in [0.2, 0.25) is 0 Å². The van der Waals surface area contributed by atoms with Gasteiger partial charge < -0.3 is 10.4 Å². The van der Waals surface area contributed by atoms with Gasteiger partial charge in [-0.05, 0) is 13.0 Å². The van der Waals surface area contributed by atoms with Crippen LogP contribution in [0.4, 0.5) is 13.6 Å². The number of rotatable bonds is 4. The summed E-state index contributed by atoms with van der Waals surface area (Å²) in [6.07, 6.45) is 2.65. The van der Waals surface area contributed by atoms with Gasteiger partial charge in [0.15, 0.2) is 5.54 Å². The zero-order chi connectivity index (χ0) is 18.2. The number of aliphatic hydroxyl groups excluding tert-OH is 1. The Morgan fingerprint density at radius 1 is 1.32 bits per heavy atom. The van der Waals surface area contributed by atoms with E-state index in [1.165, 1.54) is 25.5 Å². The number of β-amino-alcohol motifs (C(OH)–C–C–N with tert-alkyl or cyclic N) is 1. The van der Waals surface area contributed by atoms with Crippen LogP contribution in [0.1, 0.15) is 24.3 Å². The molecule has 0 aliphatic carbocycles. The summed E-state index contributed by atoms with van der Waals surface area (Å²) in [6.45, 7) is 0.977. The highest BCUT2D eigenvalue weighted by Crippen LogP contribution is 2.29. The van der Waals surface area contributed by atoms with Gasteiger partial charge >= 0.3 is 6.03 Å². The van der Waals surface area contributed by atoms with Crippen molar-refractivity contribution in [2.24, 2.45) is 0 Å². The van der Waals surface area contributed by atoms with Gasteiger partial charge in [0.2, 0.25) is 0 Å². The molecule has 1 aliphatic rings. The fourth-order valence-electron chi connectivity index (χ4n) is 2.64. The Morgan fingerprint density at radius 2 is 2.08 bits per heavy atom. The van der Waals surface area contributed by atoms with Crippen LogP contribution in [-0.4, -0.2) is 38.5 Å². The van der Waals surface area contributed by atoms with Crippen molar-refractivity contribution in [2.75, 3.05) is 6.54 Å². The predicted molar refractivity (Wildman–Crippen MR) is 80.9 cm³/mol. The molecule has 2 aromatic rings. The fraction of sp³-hybridized carbons (Fsp3) is 0.250. The van der Waals surface area contributed by atoms with Crippen LogP contribution in [0.3, 0.4) is 0 Å². The zero-order valence-corrected chi connectivity index (χ0v) is 13.1. The van der Waals surface area contributed by atoms with E-state index in [1.54, 1.807) is 0 Å². The van der Waals surface area contributed by atoms with Crippen molar-refractivity contribution in [2.45, 2.75) is 18.6 Å². The van der Waals surface area contributed by atoms with Gasteiger partial charge in [-0.3, -0.25) is 19.7 Å². The highest BCUT2D eigenvalue weighted by Gasteiger charge is 2.50. The summed E-state index contributed by atoms with van der Waals surface area (Å²) in [5.74, 6) is -2.41. The van der Waals surface area contributed by atoms with Crippen molar-refractivity contribution < 1.29 is 23.5 Å². The monoisotopic (exact) mass is 348 g/mol. The topological polar surface area (TPSA) is 95.4 Å². The second-order valence-electron chi connectivity index (χ2n) is 5.74. The number of nitrogens with zero attached hydrogens (tertiary/aromatic N) is 3. The number of hydrogen-bond acceptors (Lipinski definition) is 5. The number of imide groups is 1. The minimum absolute atomic E-state index is 0.213. The molecule has 3 amide bonds. The van der Waals surface area contributed by atoms with E-state index in [4.69, 9.17) is 0 Å². The summed E-state index contributed by atoms with van der Waals surface area (Å²) in [7, 11) is 0. The SMILES string of the molecule is C[C@]1(c2cnccn2)NC(=O)N(C[C@@H](O)c2ccc(F)cc2F)C1=O. The van der Waals surface area contributed by atoms with Gasteiger partial charge in [-0.25, -0.2) is 13.6 Å². The minimum Gasteiger partial charge on any atom is -0.386 e. The summed E-state index contributed by atoms with van der Waals surface area (Å²) in [5, 5.41) is 12.7. The second-order valence-corrected chi connectivity index (χ2v) is 5.74. The number of carbonyl (C=O) groups is 2. The maximum Gasteiger partial charge on any atom is 0.325 e. The highest BCUT2D eigenvalue weighted by molar-refractivity contribution is 6.07. The lowest BCUT2D eigenvalue weighted by Gasteiger charge is -2.22. The third-order valence-electron chi connectivity index (χ3n) is 4.03. The Labute approximate surface area is 141 Å². The minimum atomic E-state index is -1.50. The van der Waals surface area contributed by atoms with E-state index in [0.717, 1.165) is 17.0 Å². The molecule has 7 nitrogen and oxygen atoms in total. The molecule has 0 saturated carbocycles. The van der Waals surface area contributed by atoms with E-state index >= 15 is 0 Å². The average molecular weight is 348 g/mol. The van der Waals surface area contributed by atoms with Crippen molar-refractivity contribution in [3.05, 3.63) is 59.7 Å². The molecule has 0 spiro atoms. The number of amides is 3. The Bertz CT molecular complexity index is 833. The predicted octanol–water partition coefficient (Wildman–Crippen LogP) is 1.26. The van der Waals surface area contributed by atoms with Crippen LogP contribution in [-0.2, 0) is 10.3 Å². The zero-order valence-electron chi connectivity index (χ0n) is 13.1. The molecule has 1 saturated heterocycles. The molecular weight excluding hydrogens is 334 g/mol. The number of nitrogens with one attached hydrogen (secondary N) is 1. The van der Waals surface area contributed by atoms with E-state index in [0.29, 0.717) is 6.07 Å². The molecule has 2 heterocycles. The molecule has 0 unspecified atom stereocenters. The summed E-state index contributed by atoms with van der Waals surface area (Å²) >= 11 is 0. The van der Waals surface area contributed by atoms with Crippen molar-refractivity contribution in [1.29, 1.82) is 0 Å². The molecule has 1 aromatic heterocycles. The first kappa shape index (κ1) is 16.9. The van der Waals surface area contributed by atoms with Crippen LogP contribution in [0.5, 0.6) is 0 Å². The normalized spacial score (nSPS) is 21.4. The summed E-state index contributed by atoms with van der Waals surface area (Å²) in [6, 6.07) is 1.92. The lowest BCUT2D eigenvalue weighted by atomic mass is 9.98. The van der Waals surface area contributed by atoms with Crippen molar-refractivity contribution in [1.82, 2.24) is 20.2 Å². The van der Waals surface area contributed by atoms with Crippen LogP contribution < -0.4 is 5.32 Å². The summed E-state index contributed by atoms with van der Waals surface area (Å²) in [5.41, 5.74) is -1.42. The Kier molecular flexibility index (Phi) is 4.17. The van der Waals surface area contributed by atoms with Gasteiger partial charge in [-0.2, -0.15) is 0 Å². The van der Waals surface area contributed by atoms with Gasteiger partial charge in [0.25, 0.3) is 5.91 Å². The number of hydrogen-bond donors (Lipinski definition) is 2. The largest absolute Gasteiger partial charge is 0.386 e. The number of carbonyl (C=O) groups excluding carboxylic acids is 2. The quantitative estimate of drug-likeness (QED) is 0.811. The molecular formula is C16H14F2N4O3. The first-order chi connectivity index (χ1) is 11.8. The van der Waals surface area contributed by atoms with Gasteiger partial charge in [0.05, 0.1) is 24.5 Å². The smallest absolute Gasteiger partial charge is 0.325 e. The Morgan fingerprint density at radius 3 is 2.72 bits per heavy atom. The number of aliphatic hydroxyl groups is 1. The standard InChI is InChI=1S/C16H14F2N4O3/c1-16(13-7-19-4-5-20-13)14(24)22(15(25)21-16)8-12(23)10-3-2-9(17)6-11(10)18/h2-7,12,23H,8H2,1H3,(H,21,25)/t12-,16-/m1/s1. The molecule has 1 aliphatic heterocycles. The van der Waals surface area contributed by atoms with E-state index in [-0.39, 0.29) is 11.3 Å². The Hall–Kier alpha value is -2.94. The first-order valence-electron chi connectivity index (χ1n) is 7.36. The maximum atomic E-state index is 13.8. The van der Waals surface area contributed by atoms with E-state index < -0.39 is 41.8 Å². The number of halogens is 2. The molecule has 2 atom stereocenters. The molecule has 9 heteroatoms. The van der Waals surface area contributed by atoms with Crippen LogP contribution in [0.25, 0.3) is 0 Å². The van der Waals surface area contributed by atoms with Crippen LogP contribution >= 0.6 is 0 Å². The molecule has 0 radical (unpaired) electrons. The number of benzene rings is 1. The average Bonchev–Trinajstić information content (AvgIpc) is 2.80. The molecule has 130 valence electrons. The number of urea groups is 1. The summed E-state index contributed by atoms with van der Waals surface area (Å²) in [4.78, 5) is 33.5. The van der Waals surface area contributed by atoms with E-state index in [2.05, 4.69) is 15.3 Å². The first-order valence-corrected chi connectivity index (χ1v) is 7.36. The second kappa shape index (κ2) is 6.17.